The smallest absolute Gasteiger partial charge is 0.328 e. The molecule has 134 valence electrons. The molecule has 0 atom stereocenters. The molecule has 1 aromatic rings. The van der Waals surface area contributed by atoms with E-state index in [0.717, 1.165) is 6.08 Å². The van der Waals surface area contributed by atoms with Gasteiger partial charge in [0.2, 0.25) is 0 Å². The number of carboxylic acids is 1. The highest BCUT2D eigenvalue weighted by atomic mass is 35.5. The first-order valence-corrected chi connectivity index (χ1v) is 8.16. The number of ether oxygens (including phenoxy) is 1. The molecule has 3 nitrogen and oxygen atoms in total. The minimum Gasteiger partial charge on any atom is -0.495 e. The number of carbonyl (C=O) groups is 1. The highest BCUT2D eigenvalue weighted by molar-refractivity contribution is 6.45. The minimum atomic E-state index is -1.09. The standard InChI is InChI=1S/C18H16Cl3FO3/c1-10(8-16(23)24)4-7-14(22)11(2)5-6-12-13(19)9-15(25-3)18(21)17(12)20/h4-9H,1-3H3,(H,23,24). The van der Waals surface area contributed by atoms with Gasteiger partial charge in [0, 0.05) is 17.7 Å². The zero-order chi connectivity index (χ0) is 19.1. The number of carboxylic acid groups (broad SMARTS) is 1. The Labute approximate surface area is 160 Å². The fraction of sp³-hybridized carbons (Fsp3) is 0.167. The number of hydrogen-bond acceptors (Lipinski definition) is 2. The molecule has 0 unspecified atom stereocenters. The van der Waals surface area contributed by atoms with Crippen molar-refractivity contribution in [2.24, 2.45) is 0 Å². The number of hydrogen-bond donors (Lipinski definition) is 1. The molecule has 0 amide bonds. The van der Waals surface area contributed by atoms with Crippen LogP contribution in [0.5, 0.6) is 5.75 Å². The van der Waals surface area contributed by atoms with Crippen molar-refractivity contribution in [1.29, 1.82) is 0 Å². The topological polar surface area (TPSA) is 46.5 Å². The van der Waals surface area contributed by atoms with Gasteiger partial charge in [-0.15, -0.1) is 0 Å². The van der Waals surface area contributed by atoms with Crippen LogP contribution in [0.15, 0.2) is 47.3 Å². The summed E-state index contributed by atoms with van der Waals surface area (Å²) in [4.78, 5) is 10.5. The summed E-state index contributed by atoms with van der Waals surface area (Å²) in [6, 6.07) is 1.52. The van der Waals surface area contributed by atoms with E-state index < -0.39 is 11.8 Å². The predicted octanol–water partition coefficient (Wildman–Crippen LogP) is 6.50. The summed E-state index contributed by atoms with van der Waals surface area (Å²) in [7, 11) is 1.44. The van der Waals surface area contributed by atoms with Crippen molar-refractivity contribution in [1.82, 2.24) is 0 Å². The van der Waals surface area contributed by atoms with Crippen molar-refractivity contribution >= 4 is 46.8 Å². The summed E-state index contributed by atoms with van der Waals surface area (Å²) in [5.74, 6) is -1.28. The molecule has 0 aromatic heterocycles. The number of methoxy groups -OCH3 is 1. The van der Waals surface area contributed by atoms with Crippen LogP contribution in [0.4, 0.5) is 4.39 Å². The van der Waals surface area contributed by atoms with E-state index in [1.54, 1.807) is 19.9 Å². The van der Waals surface area contributed by atoms with E-state index in [1.165, 1.54) is 31.4 Å². The van der Waals surface area contributed by atoms with Crippen LogP contribution in [0.1, 0.15) is 19.4 Å². The van der Waals surface area contributed by atoms with Gasteiger partial charge in [-0.25, -0.2) is 9.18 Å². The first-order valence-electron chi connectivity index (χ1n) is 7.02. The average molecular weight is 406 g/mol. The van der Waals surface area contributed by atoms with E-state index in [-0.39, 0.29) is 10.0 Å². The lowest BCUT2D eigenvalue weighted by Gasteiger charge is -2.09. The van der Waals surface area contributed by atoms with Crippen LogP contribution in [0.25, 0.3) is 6.08 Å². The number of aliphatic carboxylic acids is 1. The normalized spacial score (nSPS) is 13.5. The van der Waals surface area contributed by atoms with Crippen molar-refractivity contribution in [3.63, 3.8) is 0 Å². The summed E-state index contributed by atoms with van der Waals surface area (Å²) < 4.78 is 19.1. The molecule has 25 heavy (non-hydrogen) atoms. The fourth-order valence-electron chi connectivity index (χ4n) is 1.76. The molecule has 0 saturated heterocycles. The fourth-order valence-corrected chi connectivity index (χ4v) is 2.55. The van der Waals surface area contributed by atoms with Gasteiger partial charge in [0.05, 0.1) is 17.2 Å². The second-order valence-corrected chi connectivity index (χ2v) is 6.19. The van der Waals surface area contributed by atoms with Gasteiger partial charge in [0.25, 0.3) is 0 Å². The summed E-state index contributed by atoms with van der Waals surface area (Å²) in [6.45, 7) is 3.11. The highest BCUT2D eigenvalue weighted by Crippen LogP contribution is 2.39. The Morgan fingerprint density at radius 2 is 1.80 bits per heavy atom. The molecule has 0 spiro atoms. The van der Waals surface area contributed by atoms with Gasteiger partial charge in [0.15, 0.2) is 0 Å². The molecule has 1 aromatic carbocycles. The molecule has 0 bridgehead atoms. The van der Waals surface area contributed by atoms with E-state index >= 15 is 0 Å². The molecule has 7 heteroatoms. The van der Waals surface area contributed by atoms with Gasteiger partial charge >= 0.3 is 5.97 Å². The van der Waals surface area contributed by atoms with E-state index in [4.69, 9.17) is 44.6 Å². The van der Waals surface area contributed by atoms with E-state index in [9.17, 15) is 9.18 Å². The first kappa shape index (κ1) is 21.3. The zero-order valence-corrected chi connectivity index (χ0v) is 16.0. The van der Waals surface area contributed by atoms with Gasteiger partial charge in [0.1, 0.15) is 16.6 Å². The summed E-state index contributed by atoms with van der Waals surface area (Å²) in [5, 5.41) is 9.33. The largest absolute Gasteiger partial charge is 0.495 e. The third-order valence-corrected chi connectivity index (χ3v) is 4.28. The Bertz CT molecular complexity index is 793. The second-order valence-electron chi connectivity index (χ2n) is 5.03. The molecular formula is C18H16Cl3FO3. The lowest BCUT2D eigenvalue weighted by atomic mass is 10.1. The Hall–Kier alpha value is -1.75. The van der Waals surface area contributed by atoms with Gasteiger partial charge in [-0.1, -0.05) is 53.0 Å². The van der Waals surface area contributed by atoms with Crippen molar-refractivity contribution in [3.05, 3.63) is 68.0 Å². The number of rotatable bonds is 6. The minimum absolute atomic E-state index is 0.200. The lowest BCUT2D eigenvalue weighted by molar-refractivity contribution is -0.131. The van der Waals surface area contributed by atoms with Crippen molar-refractivity contribution in [3.8, 4) is 5.75 Å². The molecule has 0 heterocycles. The van der Waals surface area contributed by atoms with Crippen LogP contribution >= 0.6 is 34.8 Å². The van der Waals surface area contributed by atoms with Crippen molar-refractivity contribution in [2.75, 3.05) is 7.11 Å². The third-order valence-electron chi connectivity index (χ3n) is 3.10. The Kier molecular flexibility index (Phi) is 8.23. The van der Waals surface area contributed by atoms with Crippen LogP contribution in [0.3, 0.4) is 0 Å². The van der Waals surface area contributed by atoms with Crippen LogP contribution in [-0.2, 0) is 4.79 Å². The molecule has 1 rings (SSSR count). The maximum Gasteiger partial charge on any atom is 0.328 e. The predicted molar refractivity (Wildman–Crippen MR) is 101 cm³/mol. The van der Waals surface area contributed by atoms with Crippen LogP contribution in [0.2, 0.25) is 15.1 Å². The quantitative estimate of drug-likeness (QED) is 0.334. The molecule has 0 radical (unpaired) electrons. The molecular weight excluding hydrogens is 390 g/mol. The number of allylic oxidation sites excluding steroid dienone is 6. The Morgan fingerprint density at radius 1 is 1.16 bits per heavy atom. The van der Waals surface area contributed by atoms with Gasteiger partial charge in [-0.05, 0) is 31.1 Å². The molecule has 1 N–H and O–H groups in total. The van der Waals surface area contributed by atoms with Crippen LogP contribution in [0, 0.1) is 0 Å². The van der Waals surface area contributed by atoms with Gasteiger partial charge in [-0.2, -0.15) is 0 Å². The van der Waals surface area contributed by atoms with Crippen LogP contribution in [-0.4, -0.2) is 18.2 Å². The molecule has 0 aliphatic carbocycles. The Morgan fingerprint density at radius 3 is 2.36 bits per heavy atom. The van der Waals surface area contributed by atoms with Crippen molar-refractivity contribution in [2.45, 2.75) is 13.8 Å². The van der Waals surface area contributed by atoms with Gasteiger partial charge in [-0.3, -0.25) is 0 Å². The molecule has 0 saturated carbocycles. The van der Waals surface area contributed by atoms with E-state index in [0.29, 0.717) is 27.5 Å². The van der Waals surface area contributed by atoms with E-state index in [2.05, 4.69) is 0 Å². The lowest BCUT2D eigenvalue weighted by Crippen LogP contribution is -1.88. The Balaban J connectivity index is 3.11. The third kappa shape index (κ3) is 6.24. The summed E-state index contributed by atoms with van der Waals surface area (Å²) >= 11 is 18.4. The summed E-state index contributed by atoms with van der Waals surface area (Å²) in [5.41, 5.74) is 1.15. The average Bonchev–Trinajstić information content (AvgIpc) is 2.54. The SMILES string of the molecule is COc1cc(Cl)c(C=CC(C)=C(F)C=CC(C)=CC(=O)O)c(Cl)c1Cl. The van der Waals surface area contributed by atoms with Crippen molar-refractivity contribution < 1.29 is 19.0 Å². The van der Waals surface area contributed by atoms with E-state index in [1.807, 2.05) is 0 Å². The molecule has 0 aliphatic heterocycles. The molecule has 0 aliphatic rings. The number of benzene rings is 1. The monoisotopic (exact) mass is 404 g/mol. The highest BCUT2D eigenvalue weighted by Gasteiger charge is 2.13. The number of halogens is 4. The zero-order valence-electron chi connectivity index (χ0n) is 13.7. The summed E-state index contributed by atoms with van der Waals surface area (Å²) in [6.07, 6.45) is 6.56. The maximum atomic E-state index is 14.1. The first-order chi connectivity index (χ1) is 11.7. The van der Waals surface area contributed by atoms with Gasteiger partial charge < -0.3 is 9.84 Å². The van der Waals surface area contributed by atoms with Crippen LogP contribution < -0.4 is 4.74 Å². The second kappa shape index (κ2) is 9.66. The molecule has 0 fully saturated rings. The maximum absolute atomic E-state index is 14.1.